The van der Waals surface area contributed by atoms with Crippen molar-refractivity contribution in [2.45, 2.75) is 6.42 Å². The number of nitrogens with one attached hydrogen (secondary N) is 1. The Bertz CT molecular complexity index is 1440. The molecule has 0 bridgehead atoms. The first-order valence-corrected chi connectivity index (χ1v) is 12.1. The van der Waals surface area contributed by atoms with Gasteiger partial charge in [0.15, 0.2) is 23.0 Å². The molecule has 0 radical (unpaired) electrons. The molecule has 0 aliphatic heterocycles. The Morgan fingerprint density at radius 3 is 1.76 bits per heavy atom. The van der Waals surface area contributed by atoms with Gasteiger partial charge in [-0.25, -0.2) is 9.97 Å². The van der Waals surface area contributed by atoms with E-state index < -0.39 is 0 Å². The smallest absolute Gasteiger partial charge is 0.251 e. The van der Waals surface area contributed by atoms with E-state index in [1.165, 1.54) is 0 Å². The second kappa shape index (κ2) is 12.2. The van der Waals surface area contributed by atoms with Gasteiger partial charge in [-0.1, -0.05) is 0 Å². The summed E-state index contributed by atoms with van der Waals surface area (Å²) >= 11 is 0. The number of nitrogens with zero attached hydrogens (tertiary/aromatic N) is 2. The summed E-state index contributed by atoms with van der Waals surface area (Å²) in [7, 11) is 7.99. The van der Waals surface area contributed by atoms with Gasteiger partial charge in [-0.2, -0.15) is 0 Å². The van der Waals surface area contributed by atoms with Crippen LogP contribution in [0.3, 0.4) is 0 Å². The molecule has 9 heteroatoms. The average molecular weight is 518 g/mol. The second-order valence-corrected chi connectivity index (χ2v) is 8.37. The molecule has 0 fully saturated rings. The third kappa shape index (κ3) is 5.63. The Morgan fingerprint density at radius 1 is 0.684 bits per heavy atom. The fourth-order valence-corrected chi connectivity index (χ4v) is 4.09. The van der Waals surface area contributed by atoms with Crippen molar-refractivity contribution in [1.82, 2.24) is 15.3 Å². The molecule has 9 nitrogen and oxygen atoms in total. The number of hydrogen-bond donors (Lipinski definition) is 1. The summed E-state index contributed by atoms with van der Waals surface area (Å²) in [5.74, 6) is 2.17. The highest BCUT2D eigenvalue weighted by Gasteiger charge is 2.18. The van der Waals surface area contributed by atoms with Crippen molar-refractivity contribution in [2.75, 3.05) is 48.7 Å². The van der Waals surface area contributed by atoms with Gasteiger partial charge in [0, 0.05) is 37.0 Å². The van der Waals surface area contributed by atoms with E-state index in [2.05, 4.69) is 5.32 Å². The molecule has 0 aliphatic carbocycles. The van der Waals surface area contributed by atoms with Crippen molar-refractivity contribution in [3.63, 3.8) is 0 Å². The van der Waals surface area contributed by atoms with Gasteiger partial charge in [-0.15, -0.1) is 0 Å². The number of carbonyl (C=O) groups excluding carboxylic acids is 1. The Kier molecular flexibility index (Phi) is 8.60. The lowest BCUT2D eigenvalue weighted by Crippen LogP contribution is -2.25. The average Bonchev–Trinajstić information content (AvgIpc) is 2.97. The molecule has 0 unspecified atom stereocenters. The lowest BCUT2D eigenvalue weighted by Gasteiger charge is -2.15. The van der Waals surface area contributed by atoms with Crippen LogP contribution in [0.4, 0.5) is 0 Å². The molecule has 198 valence electrons. The summed E-state index contributed by atoms with van der Waals surface area (Å²) in [6.07, 6.45) is 0.730. The lowest BCUT2D eigenvalue weighted by atomic mass is 10.0. The van der Waals surface area contributed by atoms with Crippen molar-refractivity contribution in [1.29, 1.82) is 0 Å². The number of fused-ring (bicyclic) bond motifs is 1. The van der Waals surface area contributed by atoms with Crippen LogP contribution in [0.1, 0.15) is 16.8 Å². The molecule has 0 saturated carbocycles. The molecule has 0 spiro atoms. The maximum atomic E-state index is 12.7. The third-order valence-electron chi connectivity index (χ3n) is 6.05. The van der Waals surface area contributed by atoms with Crippen LogP contribution in [0.2, 0.25) is 0 Å². The van der Waals surface area contributed by atoms with Gasteiger partial charge < -0.3 is 29.0 Å². The fraction of sp³-hybridized carbons (Fsp3) is 0.276. The standard InChI is InChI=1S/C29H31N3O6/c1-34-14-6-13-30-29(33)20-7-10-21-22(15-20)32-28(19-9-12-24(36-3)26(17-19)38-5)27(31-21)18-8-11-23(35-2)25(16-18)37-4/h7-12,15-17H,6,13-14H2,1-5H3,(H,30,33). The van der Waals surface area contributed by atoms with Gasteiger partial charge in [0.25, 0.3) is 5.91 Å². The minimum absolute atomic E-state index is 0.179. The van der Waals surface area contributed by atoms with Gasteiger partial charge in [-0.3, -0.25) is 4.79 Å². The number of aromatic nitrogens is 2. The topological polar surface area (TPSA) is 101 Å². The summed E-state index contributed by atoms with van der Waals surface area (Å²) in [6, 6.07) is 16.5. The molecule has 1 heterocycles. The van der Waals surface area contributed by atoms with Gasteiger partial charge in [0.1, 0.15) is 0 Å². The molecule has 0 saturated heterocycles. The van der Waals surface area contributed by atoms with Gasteiger partial charge >= 0.3 is 0 Å². The van der Waals surface area contributed by atoms with Crippen LogP contribution < -0.4 is 24.3 Å². The first kappa shape index (κ1) is 26.7. The van der Waals surface area contributed by atoms with Gasteiger partial charge in [0.2, 0.25) is 0 Å². The quantitative estimate of drug-likeness (QED) is 0.284. The zero-order chi connectivity index (χ0) is 27.1. The molecule has 1 aromatic heterocycles. The number of ether oxygens (including phenoxy) is 5. The van der Waals surface area contributed by atoms with E-state index in [0.717, 1.165) is 17.5 Å². The monoisotopic (exact) mass is 517 g/mol. The number of benzene rings is 3. The van der Waals surface area contributed by atoms with Crippen LogP contribution in [-0.2, 0) is 4.74 Å². The van der Waals surface area contributed by atoms with Crippen molar-refractivity contribution < 1.29 is 28.5 Å². The number of rotatable bonds is 11. The van der Waals surface area contributed by atoms with E-state index in [1.807, 2.05) is 36.4 Å². The van der Waals surface area contributed by atoms with Crippen molar-refractivity contribution in [3.05, 3.63) is 60.2 Å². The molecule has 4 rings (SSSR count). The van der Waals surface area contributed by atoms with E-state index in [1.54, 1.807) is 53.7 Å². The van der Waals surface area contributed by atoms with E-state index >= 15 is 0 Å². The molecule has 38 heavy (non-hydrogen) atoms. The third-order valence-corrected chi connectivity index (χ3v) is 6.05. The summed E-state index contributed by atoms with van der Waals surface area (Å²) in [5, 5.41) is 2.91. The zero-order valence-corrected chi connectivity index (χ0v) is 22.2. The number of amides is 1. The van der Waals surface area contributed by atoms with Gasteiger partial charge in [0.05, 0.1) is 50.9 Å². The molecule has 1 N–H and O–H groups in total. The van der Waals surface area contributed by atoms with Crippen LogP contribution in [-0.4, -0.2) is 64.6 Å². The summed E-state index contributed by atoms with van der Waals surface area (Å²) < 4.78 is 26.9. The van der Waals surface area contributed by atoms with Crippen molar-refractivity contribution >= 4 is 16.9 Å². The second-order valence-electron chi connectivity index (χ2n) is 8.37. The molecule has 0 atom stereocenters. The van der Waals surface area contributed by atoms with Crippen molar-refractivity contribution in [3.8, 4) is 45.5 Å². The van der Waals surface area contributed by atoms with E-state index in [-0.39, 0.29) is 5.91 Å². The van der Waals surface area contributed by atoms with E-state index in [9.17, 15) is 4.79 Å². The highest BCUT2D eigenvalue weighted by Crippen LogP contribution is 2.39. The van der Waals surface area contributed by atoms with Crippen LogP contribution in [0, 0.1) is 0 Å². The molecule has 0 aliphatic rings. The zero-order valence-electron chi connectivity index (χ0n) is 22.2. The largest absolute Gasteiger partial charge is 0.493 e. The van der Waals surface area contributed by atoms with Crippen molar-refractivity contribution in [2.24, 2.45) is 0 Å². The Labute approximate surface area is 221 Å². The normalized spacial score (nSPS) is 10.8. The molecule has 3 aromatic carbocycles. The Balaban J connectivity index is 1.86. The first-order valence-electron chi connectivity index (χ1n) is 12.1. The Morgan fingerprint density at radius 2 is 1.24 bits per heavy atom. The minimum Gasteiger partial charge on any atom is -0.493 e. The highest BCUT2D eigenvalue weighted by molar-refractivity contribution is 5.98. The Hall–Kier alpha value is -4.37. The predicted octanol–water partition coefficient (Wildman–Crippen LogP) is 4.76. The highest BCUT2D eigenvalue weighted by atomic mass is 16.5. The molecular formula is C29H31N3O6. The molecule has 4 aromatic rings. The fourth-order valence-electron chi connectivity index (χ4n) is 4.09. The summed E-state index contributed by atoms with van der Waals surface area (Å²) in [6.45, 7) is 1.10. The van der Waals surface area contributed by atoms with Crippen LogP contribution in [0.5, 0.6) is 23.0 Å². The number of carbonyl (C=O) groups is 1. The maximum Gasteiger partial charge on any atom is 0.251 e. The lowest BCUT2D eigenvalue weighted by molar-refractivity contribution is 0.0948. The SMILES string of the molecule is COCCCNC(=O)c1ccc2nc(-c3ccc(OC)c(OC)c3)c(-c3ccc(OC)c(OC)c3)nc2c1. The molecular weight excluding hydrogens is 486 g/mol. The first-order chi connectivity index (χ1) is 18.5. The van der Waals surface area contributed by atoms with Crippen LogP contribution >= 0.6 is 0 Å². The van der Waals surface area contributed by atoms with Gasteiger partial charge in [-0.05, 0) is 61.0 Å². The number of methoxy groups -OCH3 is 5. The van der Waals surface area contributed by atoms with E-state index in [0.29, 0.717) is 64.1 Å². The number of hydrogen-bond acceptors (Lipinski definition) is 8. The minimum atomic E-state index is -0.179. The maximum absolute atomic E-state index is 12.7. The predicted molar refractivity (Wildman–Crippen MR) is 145 cm³/mol. The summed E-state index contributed by atoms with van der Waals surface area (Å²) in [5.41, 5.74) is 4.56. The molecule has 1 amide bonds. The summed E-state index contributed by atoms with van der Waals surface area (Å²) in [4.78, 5) is 22.7. The van der Waals surface area contributed by atoms with Crippen LogP contribution in [0.25, 0.3) is 33.5 Å². The van der Waals surface area contributed by atoms with Crippen LogP contribution in [0.15, 0.2) is 54.6 Å². The van der Waals surface area contributed by atoms with E-state index in [4.69, 9.17) is 33.7 Å².